The highest BCUT2D eigenvalue weighted by molar-refractivity contribution is 5.76. The predicted octanol–water partition coefficient (Wildman–Crippen LogP) is 17.0. The zero-order chi connectivity index (χ0) is 46.5. The number of esters is 1. The van der Waals surface area contributed by atoms with Gasteiger partial charge in [0.05, 0.1) is 25.4 Å². The summed E-state index contributed by atoms with van der Waals surface area (Å²) >= 11 is 0. The van der Waals surface area contributed by atoms with Crippen molar-refractivity contribution in [2.45, 2.75) is 296 Å². The van der Waals surface area contributed by atoms with Gasteiger partial charge in [0.25, 0.3) is 0 Å². The first-order valence-electron chi connectivity index (χ1n) is 27.9. The van der Waals surface area contributed by atoms with Crippen LogP contribution < -0.4 is 5.32 Å². The minimum atomic E-state index is -0.880. The standard InChI is InChI=1S/C58H107NO5/c1-3-5-7-9-11-13-15-17-19-21-22-23-26-30-34-38-42-46-50-56(61)55(54-60)59-57(62)51-47-43-39-35-31-27-25-29-33-37-41-45-49-53-64-58(63)52-48-44-40-36-32-28-24-20-18-16-14-12-10-8-6-4-2/h20,24,27,31,39,43,46,50,55-56,60-61H,3-19,21-23,25-26,28-30,32-38,40-42,44-45,47-49,51-54H2,1-2H3,(H,59,62)/b24-20-,31-27-,43-39-,50-46+. The molecule has 6 nitrogen and oxygen atoms in total. The molecule has 1 amide bonds. The number of ether oxygens (including phenoxy) is 1. The topological polar surface area (TPSA) is 95.9 Å². The Hall–Kier alpha value is -2.18. The fraction of sp³-hybridized carbons (Fsp3) is 0.828. The number of aliphatic hydroxyl groups is 2. The average Bonchev–Trinajstić information content (AvgIpc) is 3.29. The quantitative estimate of drug-likeness (QED) is 0.0321. The fourth-order valence-corrected chi connectivity index (χ4v) is 8.27. The molecule has 0 spiro atoms. The lowest BCUT2D eigenvalue weighted by atomic mass is 10.0. The molecule has 0 heterocycles. The van der Waals surface area contributed by atoms with Gasteiger partial charge in [0.1, 0.15) is 0 Å². The molecule has 0 aromatic carbocycles. The molecule has 6 heteroatoms. The van der Waals surface area contributed by atoms with Crippen LogP contribution in [-0.4, -0.2) is 47.4 Å². The van der Waals surface area contributed by atoms with Gasteiger partial charge in [-0.25, -0.2) is 0 Å². The number of nitrogens with one attached hydrogen (secondary N) is 1. The van der Waals surface area contributed by atoms with Gasteiger partial charge < -0.3 is 20.3 Å². The molecule has 0 aliphatic rings. The summed E-state index contributed by atoms with van der Waals surface area (Å²) in [5.74, 6) is -0.175. The SMILES string of the molecule is CCCCCCCCC/C=C\CCCCCCCC(=O)OCCCCCCCC/C=C\C/C=C\CCC(=O)NC(CO)C(O)/C=C/CCCCCCCCCCCCCCCCCC. The van der Waals surface area contributed by atoms with Crippen LogP contribution in [-0.2, 0) is 14.3 Å². The van der Waals surface area contributed by atoms with Crippen molar-refractivity contribution >= 4 is 11.9 Å². The summed E-state index contributed by atoms with van der Waals surface area (Å²) in [6.07, 6.45) is 67.1. The number of rotatable bonds is 51. The fourth-order valence-electron chi connectivity index (χ4n) is 8.27. The summed E-state index contributed by atoms with van der Waals surface area (Å²) < 4.78 is 5.45. The molecular weight excluding hydrogens is 791 g/mol. The average molecular weight is 898 g/mol. The summed E-state index contributed by atoms with van der Waals surface area (Å²) in [5.41, 5.74) is 0. The highest BCUT2D eigenvalue weighted by Gasteiger charge is 2.17. The molecule has 0 aromatic heterocycles. The number of hydrogen-bond donors (Lipinski definition) is 3. The van der Waals surface area contributed by atoms with Crippen molar-refractivity contribution in [3.05, 3.63) is 48.6 Å². The summed E-state index contributed by atoms with van der Waals surface area (Å²) in [4.78, 5) is 24.5. The van der Waals surface area contributed by atoms with Crippen molar-refractivity contribution in [1.29, 1.82) is 0 Å². The second-order valence-electron chi connectivity index (χ2n) is 18.9. The smallest absolute Gasteiger partial charge is 0.305 e. The van der Waals surface area contributed by atoms with E-state index in [9.17, 15) is 19.8 Å². The van der Waals surface area contributed by atoms with E-state index in [1.165, 1.54) is 199 Å². The number of carbonyl (C=O) groups is 2. The maximum absolute atomic E-state index is 12.4. The molecule has 0 rings (SSSR count). The largest absolute Gasteiger partial charge is 0.466 e. The van der Waals surface area contributed by atoms with Gasteiger partial charge in [0, 0.05) is 12.8 Å². The van der Waals surface area contributed by atoms with Crippen molar-refractivity contribution in [3.8, 4) is 0 Å². The molecule has 0 aliphatic heterocycles. The van der Waals surface area contributed by atoms with Gasteiger partial charge in [-0.2, -0.15) is 0 Å². The third-order valence-electron chi connectivity index (χ3n) is 12.6. The van der Waals surface area contributed by atoms with Crippen molar-refractivity contribution in [1.82, 2.24) is 5.32 Å². The molecule has 374 valence electrons. The van der Waals surface area contributed by atoms with E-state index in [1.54, 1.807) is 6.08 Å². The first-order chi connectivity index (χ1) is 31.5. The Kier molecular flexibility index (Phi) is 51.6. The molecule has 0 aromatic rings. The van der Waals surface area contributed by atoms with Crippen molar-refractivity contribution in [2.24, 2.45) is 0 Å². The van der Waals surface area contributed by atoms with E-state index in [0.717, 1.165) is 51.4 Å². The summed E-state index contributed by atoms with van der Waals surface area (Å²) in [7, 11) is 0. The second kappa shape index (κ2) is 53.4. The van der Waals surface area contributed by atoms with Crippen LogP contribution in [0.2, 0.25) is 0 Å². The molecule has 0 radical (unpaired) electrons. The zero-order valence-electron chi connectivity index (χ0n) is 42.5. The van der Waals surface area contributed by atoms with Crippen LogP contribution in [0.1, 0.15) is 284 Å². The molecular formula is C58H107NO5. The van der Waals surface area contributed by atoms with Crippen molar-refractivity contribution in [2.75, 3.05) is 13.2 Å². The van der Waals surface area contributed by atoms with Gasteiger partial charge >= 0.3 is 5.97 Å². The Bertz CT molecular complexity index is 1080. The molecule has 0 aliphatic carbocycles. The van der Waals surface area contributed by atoms with E-state index >= 15 is 0 Å². The van der Waals surface area contributed by atoms with Crippen LogP contribution in [0.5, 0.6) is 0 Å². The maximum atomic E-state index is 12.4. The zero-order valence-corrected chi connectivity index (χ0v) is 42.5. The van der Waals surface area contributed by atoms with E-state index in [-0.39, 0.29) is 18.5 Å². The Morgan fingerprint density at radius 2 is 0.797 bits per heavy atom. The third kappa shape index (κ3) is 49.3. The number of aliphatic hydroxyl groups excluding tert-OH is 2. The minimum absolute atomic E-state index is 0.0263. The van der Waals surface area contributed by atoms with Crippen LogP contribution in [0.3, 0.4) is 0 Å². The molecule has 2 atom stereocenters. The van der Waals surface area contributed by atoms with Crippen molar-refractivity contribution in [3.63, 3.8) is 0 Å². The van der Waals surface area contributed by atoms with E-state index in [0.29, 0.717) is 25.9 Å². The van der Waals surface area contributed by atoms with Crippen LogP contribution in [0.15, 0.2) is 48.6 Å². The predicted molar refractivity (Wildman–Crippen MR) is 278 cm³/mol. The molecule has 0 saturated carbocycles. The third-order valence-corrected chi connectivity index (χ3v) is 12.6. The summed E-state index contributed by atoms with van der Waals surface area (Å²) in [6.45, 7) is 4.83. The Morgan fingerprint density at radius 3 is 1.23 bits per heavy atom. The van der Waals surface area contributed by atoms with Crippen LogP contribution in [0, 0.1) is 0 Å². The highest BCUT2D eigenvalue weighted by Crippen LogP contribution is 2.16. The number of unbranched alkanes of at least 4 members (excludes halogenated alkanes) is 34. The van der Waals surface area contributed by atoms with E-state index in [4.69, 9.17) is 4.74 Å². The number of amides is 1. The number of allylic oxidation sites excluding steroid dienone is 7. The Balaban J connectivity index is 3.58. The van der Waals surface area contributed by atoms with Gasteiger partial charge in [0.15, 0.2) is 0 Å². The maximum Gasteiger partial charge on any atom is 0.305 e. The van der Waals surface area contributed by atoms with E-state index < -0.39 is 12.1 Å². The first kappa shape index (κ1) is 61.8. The molecule has 0 fully saturated rings. The summed E-state index contributed by atoms with van der Waals surface area (Å²) in [6, 6.07) is -0.673. The first-order valence-corrected chi connectivity index (χ1v) is 27.9. The Labute approximate surface area is 397 Å². The lowest BCUT2D eigenvalue weighted by Gasteiger charge is -2.19. The second-order valence-corrected chi connectivity index (χ2v) is 18.9. The van der Waals surface area contributed by atoms with Gasteiger partial charge in [0.2, 0.25) is 5.91 Å². The molecule has 0 saturated heterocycles. The lowest BCUT2D eigenvalue weighted by molar-refractivity contribution is -0.143. The Morgan fingerprint density at radius 1 is 0.438 bits per heavy atom. The van der Waals surface area contributed by atoms with Gasteiger partial charge in [-0.15, -0.1) is 0 Å². The van der Waals surface area contributed by atoms with Crippen LogP contribution in [0.25, 0.3) is 0 Å². The molecule has 64 heavy (non-hydrogen) atoms. The lowest BCUT2D eigenvalue weighted by Crippen LogP contribution is -2.45. The van der Waals surface area contributed by atoms with E-state index in [2.05, 4.69) is 49.5 Å². The van der Waals surface area contributed by atoms with E-state index in [1.807, 2.05) is 12.2 Å². The molecule has 2 unspecified atom stereocenters. The molecule has 0 bridgehead atoms. The van der Waals surface area contributed by atoms with Gasteiger partial charge in [-0.05, 0) is 77.0 Å². The van der Waals surface area contributed by atoms with Gasteiger partial charge in [-0.3, -0.25) is 9.59 Å². The molecule has 3 N–H and O–H groups in total. The number of hydrogen-bond acceptors (Lipinski definition) is 5. The van der Waals surface area contributed by atoms with Crippen LogP contribution in [0.4, 0.5) is 0 Å². The monoisotopic (exact) mass is 898 g/mol. The summed E-state index contributed by atoms with van der Waals surface area (Å²) in [5, 5.41) is 23.0. The minimum Gasteiger partial charge on any atom is -0.466 e. The van der Waals surface area contributed by atoms with Crippen molar-refractivity contribution < 1.29 is 24.5 Å². The van der Waals surface area contributed by atoms with Crippen LogP contribution >= 0.6 is 0 Å². The number of carbonyl (C=O) groups excluding carboxylic acids is 2. The highest BCUT2D eigenvalue weighted by atomic mass is 16.5. The van der Waals surface area contributed by atoms with Gasteiger partial charge in [-0.1, -0.05) is 242 Å². The normalized spacial score (nSPS) is 13.0.